The van der Waals surface area contributed by atoms with E-state index in [4.69, 9.17) is 0 Å². The van der Waals surface area contributed by atoms with Crippen molar-refractivity contribution in [2.24, 2.45) is 5.92 Å². The molecule has 0 radical (unpaired) electrons. The lowest BCUT2D eigenvalue weighted by atomic mass is 9.94. The SMILES string of the molecule is Cc1cc(C)c2ncc(C#N)c(N3CCC(CN4CCCC4)CC3)c2c1. The average molecular weight is 348 g/mol. The Morgan fingerprint density at radius 3 is 2.54 bits per heavy atom. The van der Waals surface area contributed by atoms with Crippen molar-refractivity contribution in [1.82, 2.24) is 9.88 Å². The molecule has 0 atom stereocenters. The Morgan fingerprint density at radius 2 is 1.85 bits per heavy atom. The van der Waals surface area contributed by atoms with E-state index >= 15 is 0 Å². The van der Waals surface area contributed by atoms with Crippen LogP contribution in [-0.4, -0.2) is 42.6 Å². The van der Waals surface area contributed by atoms with Crippen molar-refractivity contribution in [2.45, 2.75) is 39.5 Å². The lowest BCUT2D eigenvalue weighted by Crippen LogP contribution is -2.38. The van der Waals surface area contributed by atoms with Gasteiger partial charge in [0.05, 0.1) is 16.8 Å². The molecule has 0 amide bonds. The van der Waals surface area contributed by atoms with E-state index in [-0.39, 0.29) is 0 Å². The predicted octanol–water partition coefficient (Wildman–Crippen LogP) is 4.04. The first-order valence-electron chi connectivity index (χ1n) is 9.93. The maximum Gasteiger partial charge on any atom is 0.103 e. The lowest BCUT2D eigenvalue weighted by molar-refractivity contribution is 0.249. The monoisotopic (exact) mass is 348 g/mol. The van der Waals surface area contributed by atoms with Crippen LogP contribution in [0, 0.1) is 31.1 Å². The number of hydrogen-bond donors (Lipinski definition) is 0. The molecule has 4 heteroatoms. The number of aromatic nitrogens is 1. The molecule has 2 saturated heterocycles. The van der Waals surface area contributed by atoms with Gasteiger partial charge in [0.2, 0.25) is 0 Å². The third kappa shape index (κ3) is 3.29. The molecule has 1 aromatic heterocycles. The molecule has 0 spiro atoms. The highest BCUT2D eigenvalue weighted by Gasteiger charge is 2.25. The first-order chi connectivity index (χ1) is 12.7. The number of nitrogens with zero attached hydrogens (tertiary/aromatic N) is 4. The largest absolute Gasteiger partial charge is 0.370 e. The lowest BCUT2D eigenvalue weighted by Gasteiger charge is -2.36. The standard InChI is InChI=1S/C22H28N4/c1-16-11-17(2)21-20(12-16)22(19(13-23)14-24-21)26-9-5-18(6-10-26)15-25-7-3-4-8-25/h11-12,14,18H,3-10,15H2,1-2H3. The van der Waals surface area contributed by atoms with Crippen LogP contribution in [-0.2, 0) is 0 Å². The van der Waals surface area contributed by atoms with Crippen molar-refractivity contribution >= 4 is 16.6 Å². The van der Waals surface area contributed by atoms with Gasteiger partial charge in [-0.25, -0.2) is 0 Å². The molecule has 1 aromatic carbocycles. The van der Waals surface area contributed by atoms with Gasteiger partial charge in [0.15, 0.2) is 0 Å². The third-order valence-corrected chi connectivity index (χ3v) is 6.04. The Bertz CT molecular complexity index is 837. The Hall–Kier alpha value is -2.12. The van der Waals surface area contributed by atoms with E-state index in [0.717, 1.165) is 35.6 Å². The molecule has 0 N–H and O–H groups in total. The van der Waals surface area contributed by atoms with Crippen LogP contribution in [0.25, 0.3) is 10.9 Å². The van der Waals surface area contributed by atoms with Crippen LogP contribution >= 0.6 is 0 Å². The van der Waals surface area contributed by atoms with E-state index < -0.39 is 0 Å². The summed E-state index contributed by atoms with van der Waals surface area (Å²) < 4.78 is 0. The maximum absolute atomic E-state index is 9.67. The summed E-state index contributed by atoms with van der Waals surface area (Å²) in [7, 11) is 0. The van der Waals surface area contributed by atoms with Gasteiger partial charge < -0.3 is 9.80 Å². The molecule has 0 bridgehead atoms. The Kier molecular flexibility index (Phi) is 4.82. The molecule has 2 aliphatic rings. The third-order valence-electron chi connectivity index (χ3n) is 6.04. The minimum Gasteiger partial charge on any atom is -0.370 e. The van der Waals surface area contributed by atoms with E-state index in [9.17, 15) is 5.26 Å². The number of piperidine rings is 1. The first-order valence-corrected chi connectivity index (χ1v) is 9.93. The van der Waals surface area contributed by atoms with Crippen LogP contribution in [0.2, 0.25) is 0 Å². The number of benzene rings is 1. The van der Waals surface area contributed by atoms with E-state index in [1.165, 1.54) is 56.4 Å². The highest BCUT2D eigenvalue weighted by atomic mass is 15.2. The number of pyridine rings is 1. The van der Waals surface area contributed by atoms with E-state index in [2.05, 4.69) is 46.8 Å². The molecule has 4 rings (SSSR count). The molecule has 2 fully saturated rings. The van der Waals surface area contributed by atoms with E-state index in [1.807, 2.05) is 0 Å². The summed E-state index contributed by atoms with van der Waals surface area (Å²) in [5.41, 5.74) is 5.26. The average Bonchev–Trinajstić information content (AvgIpc) is 3.14. The second-order valence-corrected chi connectivity index (χ2v) is 8.05. The number of rotatable bonds is 3. The molecular formula is C22H28N4. The second-order valence-electron chi connectivity index (χ2n) is 8.05. The molecule has 0 saturated carbocycles. The van der Waals surface area contributed by atoms with Crippen LogP contribution in [0.5, 0.6) is 0 Å². The number of anilines is 1. The molecule has 2 aromatic rings. The minimum absolute atomic E-state index is 0.709. The number of aryl methyl sites for hydroxylation is 2. The maximum atomic E-state index is 9.67. The summed E-state index contributed by atoms with van der Waals surface area (Å²) in [6, 6.07) is 6.75. The Labute approximate surface area is 156 Å². The van der Waals surface area contributed by atoms with Gasteiger partial charge >= 0.3 is 0 Å². The minimum atomic E-state index is 0.709. The fraction of sp³-hybridized carbons (Fsp3) is 0.545. The van der Waals surface area contributed by atoms with Crippen LogP contribution < -0.4 is 4.90 Å². The van der Waals surface area contributed by atoms with Crippen LogP contribution in [0.15, 0.2) is 18.3 Å². The van der Waals surface area contributed by atoms with Crippen LogP contribution in [0.1, 0.15) is 42.4 Å². The van der Waals surface area contributed by atoms with Gasteiger partial charge in [0, 0.05) is 31.2 Å². The first kappa shape index (κ1) is 17.3. The second kappa shape index (κ2) is 7.25. The number of likely N-dealkylation sites (tertiary alicyclic amines) is 1. The topological polar surface area (TPSA) is 43.2 Å². The molecule has 4 nitrogen and oxygen atoms in total. The number of hydrogen-bond acceptors (Lipinski definition) is 4. The summed E-state index contributed by atoms with van der Waals surface area (Å²) >= 11 is 0. The van der Waals surface area contributed by atoms with Gasteiger partial charge in [-0.2, -0.15) is 5.26 Å². The molecular weight excluding hydrogens is 320 g/mol. The fourth-order valence-corrected chi connectivity index (χ4v) is 4.74. The van der Waals surface area contributed by atoms with Crippen LogP contribution in [0.3, 0.4) is 0 Å². The molecule has 0 unspecified atom stereocenters. The van der Waals surface area contributed by atoms with Crippen molar-refractivity contribution < 1.29 is 0 Å². The predicted molar refractivity (Wildman–Crippen MR) is 107 cm³/mol. The Morgan fingerprint density at radius 1 is 1.12 bits per heavy atom. The molecule has 136 valence electrons. The van der Waals surface area contributed by atoms with Gasteiger partial charge in [-0.1, -0.05) is 11.6 Å². The smallest absolute Gasteiger partial charge is 0.103 e. The number of fused-ring (bicyclic) bond motifs is 1. The molecule has 26 heavy (non-hydrogen) atoms. The van der Waals surface area contributed by atoms with Crippen molar-refractivity contribution in [3.63, 3.8) is 0 Å². The fourth-order valence-electron chi connectivity index (χ4n) is 4.74. The summed E-state index contributed by atoms with van der Waals surface area (Å²) in [4.78, 5) is 9.64. The number of nitriles is 1. The van der Waals surface area contributed by atoms with Crippen molar-refractivity contribution in [3.05, 3.63) is 35.0 Å². The van der Waals surface area contributed by atoms with E-state index in [1.54, 1.807) is 6.20 Å². The summed E-state index contributed by atoms with van der Waals surface area (Å²) in [5, 5.41) is 10.8. The van der Waals surface area contributed by atoms with Crippen molar-refractivity contribution in [3.8, 4) is 6.07 Å². The quantitative estimate of drug-likeness (QED) is 0.840. The normalized spacial score (nSPS) is 19.2. The van der Waals surface area contributed by atoms with Crippen molar-refractivity contribution in [1.29, 1.82) is 5.26 Å². The van der Waals surface area contributed by atoms with Gasteiger partial charge in [0.1, 0.15) is 6.07 Å². The summed E-state index contributed by atoms with van der Waals surface area (Å²) in [6.07, 6.45) is 6.93. The molecule has 2 aliphatic heterocycles. The van der Waals surface area contributed by atoms with Gasteiger partial charge in [-0.05, 0) is 70.2 Å². The van der Waals surface area contributed by atoms with Crippen molar-refractivity contribution in [2.75, 3.05) is 37.6 Å². The zero-order valence-corrected chi connectivity index (χ0v) is 16.0. The molecule has 3 heterocycles. The van der Waals surface area contributed by atoms with Gasteiger partial charge in [-0.15, -0.1) is 0 Å². The van der Waals surface area contributed by atoms with Gasteiger partial charge in [0.25, 0.3) is 0 Å². The van der Waals surface area contributed by atoms with Gasteiger partial charge in [-0.3, -0.25) is 4.98 Å². The molecule has 0 aliphatic carbocycles. The highest BCUT2D eigenvalue weighted by Crippen LogP contribution is 2.34. The van der Waals surface area contributed by atoms with Crippen LogP contribution in [0.4, 0.5) is 5.69 Å². The zero-order valence-electron chi connectivity index (χ0n) is 16.0. The highest BCUT2D eigenvalue weighted by molar-refractivity contribution is 5.96. The summed E-state index contributed by atoms with van der Waals surface area (Å²) in [6.45, 7) is 10.1. The van der Waals surface area contributed by atoms with E-state index in [0.29, 0.717) is 5.56 Å². The zero-order chi connectivity index (χ0) is 18.1. The Balaban J connectivity index is 1.59. The summed E-state index contributed by atoms with van der Waals surface area (Å²) in [5.74, 6) is 0.798.